The van der Waals surface area contributed by atoms with E-state index in [0.717, 1.165) is 17.7 Å². The van der Waals surface area contributed by atoms with Gasteiger partial charge in [-0.2, -0.15) is 5.26 Å². The molecule has 1 saturated carbocycles. The number of aromatic amines is 1. The van der Waals surface area contributed by atoms with Crippen molar-refractivity contribution in [1.29, 1.82) is 5.26 Å². The molecule has 2 aromatic heterocycles. The molecule has 3 rings (SSSR count). The fourth-order valence-electron chi connectivity index (χ4n) is 2.39. The van der Waals surface area contributed by atoms with E-state index >= 15 is 0 Å². The number of nitrogens with one attached hydrogen (secondary N) is 1. The number of carbonyl (C=O) groups is 1. The highest BCUT2D eigenvalue weighted by Gasteiger charge is 2.34. The molecule has 1 N–H and O–H groups in total. The molecule has 0 aliphatic heterocycles. The van der Waals surface area contributed by atoms with E-state index in [-0.39, 0.29) is 17.5 Å². The van der Waals surface area contributed by atoms with Crippen molar-refractivity contribution < 1.29 is 4.79 Å². The number of pyridine rings is 1. The summed E-state index contributed by atoms with van der Waals surface area (Å²) in [5.41, 5.74) is -0.0645. The Balaban J connectivity index is 1.94. The average molecular weight is 345 g/mol. The van der Waals surface area contributed by atoms with Crippen molar-refractivity contribution in [3.8, 4) is 6.07 Å². The summed E-state index contributed by atoms with van der Waals surface area (Å²) < 4.78 is 0. The van der Waals surface area contributed by atoms with Crippen molar-refractivity contribution >= 4 is 29.0 Å². The number of thioether (sulfide) groups is 1. The van der Waals surface area contributed by atoms with E-state index in [0.29, 0.717) is 17.1 Å². The maximum absolute atomic E-state index is 12.8. The second-order valence-electron chi connectivity index (χ2n) is 5.31. The first-order chi connectivity index (χ1) is 11.1. The van der Waals surface area contributed by atoms with Gasteiger partial charge in [0, 0.05) is 10.9 Å². The number of nitriles is 1. The molecule has 118 valence electrons. The molecule has 1 amide bonds. The molecule has 0 atom stereocenters. The number of H-pyrrole nitrogens is 1. The highest BCUT2D eigenvalue weighted by molar-refractivity contribution is 7.98. The van der Waals surface area contributed by atoms with Gasteiger partial charge < -0.3 is 9.88 Å². The van der Waals surface area contributed by atoms with Crippen molar-refractivity contribution in [1.82, 2.24) is 9.88 Å². The Morgan fingerprint density at radius 2 is 2.35 bits per heavy atom. The maximum Gasteiger partial charge on any atom is 0.261 e. The first-order valence-corrected chi connectivity index (χ1v) is 9.29. The van der Waals surface area contributed by atoms with Gasteiger partial charge in [0.05, 0.1) is 17.1 Å². The van der Waals surface area contributed by atoms with Gasteiger partial charge >= 0.3 is 0 Å². The number of rotatable bonds is 5. The van der Waals surface area contributed by atoms with E-state index in [4.69, 9.17) is 0 Å². The van der Waals surface area contributed by atoms with Gasteiger partial charge in [0.15, 0.2) is 0 Å². The zero-order chi connectivity index (χ0) is 16.4. The number of amides is 1. The quantitative estimate of drug-likeness (QED) is 0.845. The van der Waals surface area contributed by atoms with Gasteiger partial charge in [0.2, 0.25) is 0 Å². The predicted octanol–water partition coefficient (Wildman–Crippen LogP) is 2.83. The molecule has 7 heteroatoms. The van der Waals surface area contributed by atoms with Crippen molar-refractivity contribution in [2.45, 2.75) is 30.5 Å². The molecule has 0 saturated heterocycles. The highest BCUT2D eigenvalue weighted by Crippen LogP contribution is 2.30. The van der Waals surface area contributed by atoms with Crippen LogP contribution in [0.25, 0.3) is 0 Å². The smallest absolute Gasteiger partial charge is 0.261 e. The molecule has 0 spiro atoms. The third kappa shape index (κ3) is 3.33. The molecule has 0 radical (unpaired) electrons. The van der Waals surface area contributed by atoms with Crippen LogP contribution in [0.5, 0.6) is 0 Å². The highest BCUT2D eigenvalue weighted by atomic mass is 32.2. The monoisotopic (exact) mass is 345 g/mol. The SMILES string of the molecule is CSc1[nH]c(=O)c(C(=O)N(Cc2cccs2)C2CC2)cc1C#N. The molecule has 2 heterocycles. The Morgan fingerprint density at radius 1 is 1.57 bits per heavy atom. The van der Waals surface area contributed by atoms with Crippen molar-refractivity contribution in [3.05, 3.63) is 49.9 Å². The predicted molar refractivity (Wildman–Crippen MR) is 90.8 cm³/mol. The minimum absolute atomic E-state index is 0.0443. The van der Waals surface area contributed by atoms with Crippen LogP contribution in [0.1, 0.15) is 33.6 Å². The number of nitrogens with zero attached hydrogens (tertiary/aromatic N) is 2. The zero-order valence-corrected chi connectivity index (χ0v) is 14.2. The summed E-state index contributed by atoms with van der Waals surface area (Å²) in [5, 5.41) is 11.7. The van der Waals surface area contributed by atoms with Crippen LogP contribution in [0.4, 0.5) is 0 Å². The molecule has 1 aliphatic carbocycles. The largest absolute Gasteiger partial charge is 0.330 e. The summed E-state index contributed by atoms with van der Waals surface area (Å²) in [6, 6.07) is 7.57. The molecule has 0 aromatic carbocycles. The van der Waals surface area contributed by atoms with E-state index in [9.17, 15) is 14.9 Å². The van der Waals surface area contributed by atoms with Gasteiger partial charge in [0.1, 0.15) is 11.6 Å². The molecular weight excluding hydrogens is 330 g/mol. The lowest BCUT2D eigenvalue weighted by molar-refractivity contribution is 0.0729. The molecular formula is C16H15N3O2S2. The Hall–Kier alpha value is -2.04. The van der Waals surface area contributed by atoms with Crippen molar-refractivity contribution in [2.24, 2.45) is 0 Å². The van der Waals surface area contributed by atoms with Gasteiger partial charge in [-0.1, -0.05) is 6.07 Å². The minimum atomic E-state index is -0.435. The van der Waals surface area contributed by atoms with Gasteiger partial charge in [0.25, 0.3) is 11.5 Å². The van der Waals surface area contributed by atoms with Crippen LogP contribution >= 0.6 is 23.1 Å². The molecule has 0 bridgehead atoms. The second-order valence-corrected chi connectivity index (χ2v) is 7.16. The van der Waals surface area contributed by atoms with Gasteiger partial charge in [-0.25, -0.2) is 0 Å². The van der Waals surface area contributed by atoms with E-state index < -0.39 is 5.56 Å². The van der Waals surface area contributed by atoms with Crippen LogP contribution in [0.3, 0.4) is 0 Å². The lowest BCUT2D eigenvalue weighted by Gasteiger charge is -2.21. The third-order valence-electron chi connectivity index (χ3n) is 3.71. The fraction of sp³-hybridized carbons (Fsp3) is 0.312. The van der Waals surface area contributed by atoms with Crippen LogP contribution in [-0.2, 0) is 6.54 Å². The van der Waals surface area contributed by atoms with Gasteiger partial charge in [-0.3, -0.25) is 9.59 Å². The first-order valence-electron chi connectivity index (χ1n) is 7.18. The van der Waals surface area contributed by atoms with Crippen LogP contribution in [0, 0.1) is 11.3 Å². The lowest BCUT2D eigenvalue weighted by Crippen LogP contribution is -2.36. The van der Waals surface area contributed by atoms with Gasteiger partial charge in [-0.15, -0.1) is 23.1 Å². The summed E-state index contributed by atoms with van der Waals surface area (Å²) in [5.74, 6) is -0.300. The van der Waals surface area contributed by atoms with E-state index in [1.165, 1.54) is 17.8 Å². The number of aromatic nitrogens is 1. The van der Waals surface area contributed by atoms with Crippen molar-refractivity contribution in [2.75, 3.05) is 6.26 Å². The Kier molecular flexibility index (Phi) is 4.55. The number of thiophene rings is 1. The minimum Gasteiger partial charge on any atom is -0.330 e. The standard InChI is InChI=1S/C16H15N3O2S2/c1-22-15-10(8-17)7-13(14(20)18-15)16(21)19(11-4-5-11)9-12-3-2-6-23-12/h2-3,6-7,11H,4-5,9H2,1H3,(H,18,20). The van der Waals surface area contributed by atoms with Gasteiger partial charge in [-0.05, 0) is 36.6 Å². The third-order valence-corrected chi connectivity index (χ3v) is 5.31. The van der Waals surface area contributed by atoms with E-state index in [1.807, 2.05) is 23.6 Å². The number of hydrogen-bond acceptors (Lipinski definition) is 5. The first kappa shape index (κ1) is 15.8. The molecule has 1 aliphatic rings. The Morgan fingerprint density at radius 3 is 2.91 bits per heavy atom. The summed E-state index contributed by atoms with van der Waals surface area (Å²) in [6.45, 7) is 0.507. The number of hydrogen-bond donors (Lipinski definition) is 1. The molecule has 0 unspecified atom stereocenters. The number of carbonyl (C=O) groups excluding carboxylic acids is 1. The molecule has 1 fully saturated rings. The lowest BCUT2D eigenvalue weighted by atomic mass is 10.2. The fourth-order valence-corrected chi connectivity index (χ4v) is 3.62. The molecule has 2 aromatic rings. The van der Waals surface area contributed by atoms with Crippen LogP contribution in [-0.4, -0.2) is 28.1 Å². The maximum atomic E-state index is 12.8. The summed E-state index contributed by atoms with van der Waals surface area (Å²) in [4.78, 5) is 30.5. The second kappa shape index (κ2) is 6.60. The molecule has 23 heavy (non-hydrogen) atoms. The Bertz CT molecular complexity index is 817. The summed E-state index contributed by atoms with van der Waals surface area (Å²) >= 11 is 2.88. The van der Waals surface area contributed by atoms with Crippen LogP contribution < -0.4 is 5.56 Å². The zero-order valence-electron chi connectivity index (χ0n) is 12.5. The summed E-state index contributed by atoms with van der Waals surface area (Å²) in [7, 11) is 0. The van der Waals surface area contributed by atoms with E-state index in [1.54, 1.807) is 22.5 Å². The Labute approximate surface area is 141 Å². The van der Waals surface area contributed by atoms with Crippen LogP contribution in [0.15, 0.2) is 33.4 Å². The van der Waals surface area contributed by atoms with E-state index in [2.05, 4.69) is 4.98 Å². The molecule has 5 nitrogen and oxygen atoms in total. The average Bonchev–Trinajstić information content (AvgIpc) is 3.27. The summed E-state index contributed by atoms with van der Waals surface area (Å²) in [6.07, 6.45) is 3.70. The van der Waals surface area contributed by atoms with Crippen LogP contribution in [0.2, 0.25) is 0 Å². The normalized spacial score (nSPS) is 13.6. The van der Waals surface area contributed by atoms with Crippen molar-refractivity contribution in [3.63, 3.8) is 0 Å². The topological polar surface area (TPSA) is 77.0 Å².